The summed E-state index contributed by atoms with van der Waals surface area (Å²) in [7, 11) is -3.80. The van der Waals surface area contributed by atoms with E-state index in [0.717, 1.165) is 16.7 Å². The van der Waals surface area contributed by atoms with Crippen molar-refractivity contribution in [3.63, 3.8) is 0 Å². The largest absolute Gasteiger partial charge is 0.454 e. The first kappa shape index (κ1) is 23.4. The Morgan fingerprint density at radius 3 is 2.29 bits per heavy atom. The lowest BCUT2D eigenvalue weighted by Gasteiger charge is -2.26. The Hall–Kier alpha value is -2.26. The van der Waals surface area contributed by atoms with Crippen LogP contribution in [-0.2, 0) is 19.5 Å². The summed E-state index contributed by atoms with van der Waals surface area (Å²) in [5, 5.41) is 0.0427. The summed E-state index contributed by atoms with van der Waals surface area (Å²) in [4.78, 5) is 25.2. The Balaban J connectivity index is 1.78. The van der Waals surface area contributed by atoms with E-state index in [9.17, 15) is 18.0 Å². The molecule has 9 heteroatoms. The van der Waals surface area contributed by atoms with E-state index in [1.54, 1.807) is 0 Å². The SMILES string of the molecule is Cc1cc(C)c(C(=O)COC(=O)c2cc(S(=O)(=O)N3CCOCC3)ccc2Cl)c(C)c1. The first-order chi connectivity index (χ1) is 14.6. The minimum Gasteiger partial charge on any atom is -0.454 e. The summed E-state index contributed by atoms with van der Waals surface area (Å²) in [6, 6.07) is 7.63. The second-order valence-corrected chi connectivity index (χ2v) is 9.78. The van der Waals surface area contributed by atoms with Crippen molar-refractivity contribution in [2.45, 2.75) is 25.7 Å². The van der Waals surface area contributed by atoms with E-state index in [2.05, 4.69) is 0 Å². The van der Waals surface area contributed by atoms with Crippen LogP contribution in [0.1, 0.15) is 37.4 Å². The van der Waals surface area contributed by atoms with E-state index in [-0.39, 0.29) is 34.4 Å². The van der Waals surface area contributed by atoms with Gasteiger partial charge in [0.2, 0.25) is 15.8 Å². The number of ketones is 1. The summed E-state index contributed by atoms with van der Waals surface area (Å²) < 4.78 is 37.4. The maximum absolute atomic E-state index is 12.8. The maximum atomic E-state index is 12.8. The lowest BCUT2D eigenvalue weighted by molar-refractivity contribution is 0.0474. The smallest absolute Gasteiger partial charge is 0.340 e. The van der Waals surface area contributed by atoms with Crippen LogP contribution in [0.2, 0.25) is 5.02 Å². The monoisotopic (exact) mass is 465 g/mol. The van der Waals surface area contributed by atoms with Gasteiger partial charge in [0.05, 0.1) is 28.7 Å². The highest BCUT2D eigenvalue weighted by molar-refractivity contribution is 7.89. The first-order valence-corrected chi connectivity index (χ1v) is 11.6. The van der Waals surface area contributed by atoms with E-state index >= 15 is 0 Å². The van der Waals surface area contributed by atoms with E-state index in [1.807, 2.05) is 32.9 Å². The fraction of sp³-hybridized carbons (Fsp3) is 0.364. The van der Waals surface area contributed by atoms with Gasteiger partial charge in [-0.2, -0.15) is 4.31 Å². The zero-order chi connectivity index (χ0) is 22.8. The average molecular weight is 466 g/mol. The molecule has 31 heavy (non-hydrogen) atoms. The summed E-state index contributed by atoms with van der Waals surface area (Å²) >= 11 is 6.11. The molecule has 0 unspecified atom stereocenters. The topological polar surface area (TPSA) is 90.0 Å². The molecule has 0 radical (unpaired) electrons. The highest BCUT2D eigenvalue weighted by Crippen LogP contribution is 2.25. The minimum atomic E-state index is -3.80. The molecule has 0 atom stereocenters. The van der Waals surface area contributed by atoms with Crippen LogP contribution in [0.4, 0.5) is 0 Å². The van der Waals surface area contributed by atoms with Crippen molar-refractivity contribution in [2.75, 3.05) is 32.9 Å². The Kier molecular flexibility index (Phi) is 7.16. The molecule has 1 saturated heterocycles. The van der Waals surface area contributed by atoms with Crippen molar-refractivity contribution in [2.24, 2.45) is 0 Å². The molecule has 1 aliphatic rings. The number of hydrogen-bond acceptors (Lipinski definition) is 6. The van der Waals surface area contributed by atoms with Gasteiger partial charge in [-0.05, 0) is 50.1 Å². The predicted octanol–water partition coefficient (Wildman–Crippen LogP) is 3.33. The standard InChI is InChI=1S/C22H24ClNO6S/c1-14-10-15(2)21(16(3)11-14)20(25)13-30-22(26)18-12-17(4-5-19(18)23)31(27,28)24-6-8-29-9-7-24/h4-5,10-12H,6-9,13H2,1-3H3. The third-order valence-corrected chi connectivity index (χ3v) is 7.28. The number of nitrogens with zero attached hydrogens (tertiary/aromatic N) is 1. The molecule has 1 aliphatic heterocycles. The number of carbonyl (C=O) groups is 2. The lowest BCUT2D eigenvalue weighted by atomic mass is 9.97. The molecule has 2 aromatic rings. The Bertz CT molecular complexity index is 1100. The summed E-state index contributed by atoms with van der Waals surface area (Å²) in [6.45, 7) is 6.19. The fourth-order valence-electron chi connectivity index (χ4n) is 3.66. The van der Waals surface area contributed by atoms with Crippen LogP contribution in [0.5, 0.6) is 0 Å². The zero-order valence-corrected chi connectivity index (χ0v) is 19.2. The quantitative estimate of drug-likeness (QED) is 0.480. The summed E-state index contributed by atoms with van der Waals surface area (Å²) in [5.74, 6) is -1.20. The Labute approximate surface area is 187 Å². The number of morpholine rings is 1. The highest BCUT2D eigenvalue weighted by atomic mass is 35.5. The van der Waals surface area contributed by atoms with Crippen molar-refractivity contribution in [1.82, 2.24) is 4.31 Å². The van der Waals surface area contributed by atoms with Crippen molar-refractivity contribution < 1.29 is 27.5 Å². The molecule has 0 spiro atoms. The van der Waals surface area contributed by atoms with Crippen LogP contribution in [0.3, 0.4) is 0 Å². The molecule has 1 heterocycles. The summed E-state index contributed by atoms with van der Waals surface area (Å²) in [5.41, 5.74) is 3.04. The van der Waals surface area contributed by atoms with E-state index in [4.69, 9.17) is 21.1 Å². The molecule has 7 nitrogen and oxygen atoms in total. The van der Waals surface area contributed by atoms with Gasteiger partial charge in [0.1, 0.15) is 0 Å². The van der Waals surface area contributed by atoms with Gasteiger partial charge in [-0.15, -0.1) is 0 Å². The van der Waals surface area contributed by atoms with Crippen molar-refractivity contribution in [3.05, 3.63) is 63.2 Å². The molecule has 3 rings (SSSR count). The maximum Gasteiger partial charge on any atom is 0.340 e. The van der Waals surface area contributed by atoms with Gasteiger partial charge in [-0.1, -0.05) is 29.3 Å². The number of hydrogen-bond donors (Lipinski definition) is 0. The van der Waals surface area contributed by atoms with Crippen molar-refractivity contribution >= 4 is 33.4 Å². The number of Topliss-reactive ketones (excluding diaryl/α,β-unsaturated/α-hetero) is 1. The number of aryl methyl sites for hydroxylation is 3. The fourth-order valence-corrected chi connectivity index (χ4v) is 5.29. The van der Waals surface area contributed by atoms with Crippen molar-refractivity contribution in [3.8, 4) is 0 Å². The third kappa shape index (κ3) is 5.15. The summed E-state index contributed by atoms with van der Waals surface area (Å²) in [6.07, 6.45) is 0. The molecular formula is C22H24ClNO6S. The molecule has 2 aromatic carbocycles. The molecule has 0 aliphatic carbocycles. The second kappa shape index (κ2) is 9.48. The molecule has 166 valence electrons. The molecule has 0 amide bonds. The number of ether oxygens (including phenoxy) is 2. The van der Waals surface area contributed by atoms with Gasteiger partial charge in [0.25, 0.3) is 0 Å². The van der Waals surface area contributed by atoms with Gasteiger partial charge < -0.3 is 9.47 Å². The molecule has 1 fully saturated rings. The number of benzene rings is 2. The van der Waals surface area contributed by atoms with Gasteiger partial charge in [0.15, 0.2) is 6.61 Å². The number of rotatable bonds is 6. The zero-order valence-electron chi connectivity index (χ0n) is 17.6. The lowest BCUT2D eigenvalue weighted by Crippen LogP contribution is -2.40. The number of sulfonamides is 1. The van der Waals surface area contributed by atoms with Gasteiger partial charge in [-0.3, -0.25) is 4.79 Å². The van der Waals surface area contributed by atoms with E-state index in [0.29, 0.717) is 18.8 Å². The Morgan fingerprint density at radius 1 is 1.06 bits per heavy atom. The molecule has 0 aromatic heterocycles. The molecule has 0 N–H and O–H groups in total. The first-order valence-electron chi connectivity index (χ1n) is 9.77. The normalized spacial score (nSPS) is 15.0. The van der Waals surface area contributed by atoms with Gasteiger partial charge >= 0.3 is 5.97 Å². The number of carbonyl (C=O) groups excluding carboxylic acids is 2. The van der Waals surface area contributed by atoms with Crippen LogP contribution >= 0.6 is 11.6 Å². The third-order valence-electron chi connectivity index (χ3n) is 5.06. The predicted molar refractivity (Wildman–Crippen MR) is 116 cm³/mol. The van der Waals surface area contributed by atoms with E-state index in [1.165, 1.54) is 22.5 Å². The molecule has 0 bridgehead atoms. The van der Waals surface area contributed by atoms with Crippen molar-refractivity contribution in [1.29, 1.82) is 0 Å². The van der Waals surface area contributed by atoms with Crippen LogP contribution in [0.15, 0.2) is 35.2 Å². The Morgan fingerprint density at radius 2 is 1.68 bits per heavy atom. The van der Waals surface area contributed by atoms with Crippen LogP contribution in [0, 0.1) is 20.8 Å². The minimum absolute atomic E-state index is 0.0427. The van der Waals surface area contributed by atoms with Crippen LogP contribution in [0.25, 0.3) is 0 Å². The number of halogens is 1. The van der Waals surface area contributed by atoms with Crippen LogP contribution in [-0.4, -0.2) is 57.4 Å². The molecule has 0 saturated carbocycles. The number of esters is 1. The van der Waals surface area contributed by atoms with Gasteiger partial charge in [0, 0.05) is 18.7 Å². The van der Waals surface area contributed by atoms with E-state index < -0.39 is 22.6 Å². The highest BCUT2D eigenvalue weighted by Gasteiger charge is 2.28. The van der Waals surface area contributed by atoms with Gasteiger partial charge in [-0.25, -0.2) is 13.2 Å². The molecular weight excluding hydrogens is 442 g/mol. The van der Waals surface area contributed by atoms with Crippen LogP contribution < -0.4 is 0 Å². The average Bonchev–Trinajstić information content (AvgIpc) is 2.72. The second-order valence-electron chi connectivity index (χ2n) is 7.43.